The van der Waals surface area contributed by atoms with Gasteiger partial charge in [-0.3, -0.25) is 4.79 Å². The Morgan fingerprint density at radius 2 is 2.05 bits per heavy atom. The number of rotatable bonds is 3. The summed E-state index contributed by atoms with van der Waals surface area (Å²) in [6.45, 7) is 0. The lowest BCUT2D eigenvalue weighted by molar-refractivity contribution is -0.115. The molecular weight excluding hydrogens is 322 g/mol. The number of amides is 1. The number of carbonyl (C=O) groups excluding carboxylic acids is 2. The molecular formula is C15H9NO4S2. The molecule has 0 saturated carbocycles. The minimum Gasteiger partial charge on any atom is -0.457 e. The van der Waals surface area contributed by atoms with Crippen molar-refractivity contribution in [1.29, 1.82) is 0 Å². The lowest BCUT2D eigenvalue weighted by Gasteiger charge is -2.02. The van der Waals surface area contributed by atoms with Crippen LogP contribution in [0.5, 0.6) is 5.75 Å². The number of hydrogen-bond acceptors (Lipinski definition) is 6. The van der Waals surface area contributed by atoms with Crippen LogP contribution >= 0.6 is 24.0 Å². The third-order valence-electron chi connectivity index (χ3n) is 2.75. The number of hydrogen-bond donors (Lipinski definition) is 1. The van der Waals surface area contributed by atoms with Gasteiger partial charge in [0.05, 0.1) is 11.2 Å². The van der Waals surface area contributed by atoms with Crippen LogP contribution < -0.4 is 10.1 Å². The molecule has 1 aliphatic heterocycles. The minimum absolute atomic E-state index is 0.138. The average Bonchev–Trinajstić information content (AvgIpc) is 3.12. The molecule has 2 heterocycles. The van der Waals surface area contributed by atoms with Crippen molar-refractivity contribution in [2.24, 2.45) is 0 Å². The van der Waals surface area contributed by atoms with Gasteiger partial charge in [-0.05, 0) is 35.9 Å². The summed E-state index contributed by atoms with van der Waals surface area (Å²) in [4.78, 5) is 23.8. The van der Waals surface area contributed by atoms with E-state index in [1.807, 2.05) is 0 Å². The third kappa shape index (κ3) is 3.26. The Labute approximate surface area is 135 Å². The highest BCUT2D eigenvalue weighted by Crippen LogP contribution is 2.26. The highest BCUT2D eigenvalue weighted by molar-refractivity contribution is 8.26. The van der Waals surface area contributed by atoms with Gasteiger partial charge in [-0.25, -0.2) is 4.79 Å². The van der Waals surface area contributed by atoms with Gasteiger partial charge in [0, 0.05) is 0 Å². The monoisotopic (exact) mass is 331 g/mol. The Balaban J connectivity index is 1.71. The van der Waals surface area contributed by atoms with Crippen molar-refractivity contribution in [3.05, 3.63) is 58.9 Å². The lowest BCUT2D eigenvalue weighted by atomic mass is 10.2. The fourth-order valence-corrected chi connectivity index (χ4v) is 2.80. The summed E-state index contributed by atoms with van der Waals surface area (Å²) in [6, 6.07) is 9.91. The molecule has 7 heteroatoms. The van der Waals surface area contributed by atoms with Gasteiger partial charge in [0.2, 0.25) is 5.76 Å². The second-order valence-corrected chi connectivity index (χ2v) is 6.01. The van der Waals surface area contributed by atoms with Crippen molar-refractivity contribution in [3.63, 3.8) is 0 Å². The maximum atomic E-state index is 11.7. The SMILES string of the molecule is O=C1NC(=S)SC1=Cc1ccc(OC(=O)c2ccco2)cc1. The second-order valence-electron chi connectivity index (χ2n) is 4.29. The van der Waals surface area contributed by atoms with E-state index in [1.54, 1.807) is 36.4 Å². The zero-order chi connectivity index (χ0) is 15.5. The Hall–Kier alpha value is -2.38. The lowest BCUT2D eigenvalue weighted by Crippen LogP contribution is -2.17. The molecule has 0 bridgehead atoms. The largest absolute Gasteiger partial charge is 0.457 e. The summed E-state index contributed by atoms with van der Waals surface area (Å²) in [5.74, 6) is -0.239. The van der Waals surface area contributed by atoms with Crippen LogP contribution in [-0.4, -0.2) is 16.2 Å². The molecule has 22 heavy (non-hydrogen) atoms. The van der Waals surface area contributed by atoms with Crippen molar-refractivity contribution < 1.29 is 18.7 Å². The number of thiocarbonyl (C=S) groups is 1. The highest BCUT2D eigenvalue weighted by Gasteiger charge is 2.21. The highest BCUT2D eigenvalue weighted by atomic mass is 32.2. The number of benzene rings is 1. The van der Waals surface area contributed by atoms with Crippen LogP contribution in [0.25, 0.3) is 6.08 Å². The molecule has 5 nitrogen and oxygen atoms in total. The molecule has 0 spiro atoms. The first-order valence-corrected chi connectivity index (χ1v) is 7.45. The van der Waals surface area contributed by atoms with Gasteiger partial charge in [-0.2, -0.15) is 0 Å². The summed E-state index contributed by atoms with van der Waals surface area (Å²) in [5, 5.41) is 2.55. The summed E-state index contributed by atoms with van der Waals surface area (Å²) < 4.78 is 10.6. The van der Waals surface area contributed by atoms with Crippen molar-refractivity contribution >= 4 is 46.3 Å². The molecule has 1 fully saturated rings. The Morgan fingerprint density at radius 1 is 1.27 bits per heavy atom. The second kappa shape index (κ2) is 6.17. The number of thioether (sulfide) groups is 1. The summed E-state index contributed by atoms with van der Waals surface area (Å²) in [6.07, 6.45) is 3.12. The van der Waals surface area contributed by atoms with Gasteiger partial charge >= 0.3 is 5.97 Å². The van der Waals surface area contributed by atoms with Gasteiger partial charge < -0.3 is 14.5 Å². The van der Waals surface area contributed by atoms with Crippen molar-refractivity contribution in [2.75, 3.05) is 0 Å². The molecule has 0 atom stereocenters. The van der Waals surface area contributed by atoms with Crippen molar-refractivity contribution in [3.8, 4) is 5.75 Å². The number of esters is 1. The van der Waals surface area contributed by atoms with Crippen LogP contribution in [0, 0.1) is 0 Å². The fourth-order valence-electron chi connectivity index (χ4n) is 1.76. The van der Waals surface area contributed by atoms with Gasteiger partial charge in [0.25, 0.3) is 5.91 Å². The number of furan rings is 1. The summed E-state index contributed by atoms with van der Waals surface area (Å²) >= 11 is 6.14. The van der Waals surface area contributed by atoms with Crippen LogP contribution in [0.1, 0.15) is 16.1 Å². The normalized spacial score (nSPS) is 15.9. The molecule has 0 unspecified atom stereocenters. The topological polar surface area (TPSA) is 68.5 Å². The molecule has 1 aromatic carbocycles. The molecule has 1 saturated heterocycles. The summed E-state index contributed by atoms with van der Waals surface area (Å²) in [7, 11) is 0. The van der Waals surface area contributed by atoms with Crippen LogP contribution in [-0.2, 0) is 4.79 Å². The number of nitrogens with one attached hydrogen (secondary N) is 1. The van der Waals surface area contributed by atoms with E-state index in [0.29, 0.717) is 15.0 Å². The van der Waals surface area contributed by atoms with Crippen LogP contribution in [0.4, 0.5) is 0 Å². The standard InChI is InChI=1S/C15H9NO4S2/c17-13-12(22-15(21)16-13)8-9-3-5-10(6-4-9)20-14(18)11-2-1-7-19-11/h1-8H,(H,16,17,21). The van der Waals surface area contributed by atoms with E-state index in [2.05, 4.69) is 5.32 Å². The van der Waals surface area contributed by atoms with E-state index in [-0.39, 0.29) is 11.7 Å². The molecule has 2 aromatic rings. The van der Waals surface area contributed by atoms with Gasteiger partial charge in [0.15, 0.2) is 0 Å². The number of ether oxygens (including phenoxy) is 1. The zero-order valence-electron chi connectivity index (χ0n) is 11.1. The van der Waals surface area contributed by atoms with Gasteiger partial charge in [0.1, 0.15) is 10.1 Å². The fraction of sp³-hybridized carbons (Fsp3) is 0. The average molecular weight is 331 g/mol. The molecule has 1 aliphatic rings. The zero-order valence-corrected chi connectivity index (χ0v) is 12.7. The first kappa shape index (κ1) is 14.6. The quantitative estimate of drug-likeness (QED) is 0.404. The Kier molecular flexibility index (Phi) is 4.08. The van der Waals surface area contributed by atoms with Crippen molar-refractivity contribution in [1.82, 2.24) is 5.32 Å². The van der Waals surface area contributed by atoms with Crippen LogP contribution in [0.2, 0.25) is 0 Å². The molecule has 0 radical (unpaired) electrons. The first-order chi connectivity index (χ1) is 10.6. The summed E-state index contributed by atoms with van der Waals surface area (Å²) in [5.41, 5.74) is 0.806. The van der Waals surface area contributed by atoms with E-state index in [4.69, 9.17) is 21.4 Å². The van der Waals surface area contributed by atoms with E-state index in [9.17, 15) is 9.59 Å². The maximum absolute atomic E-state index is 11.7. The number of carbonyl (C=O) groups is 2. The van der Waals surface area contributed by atoms with Crippen molar-refractivity contribution in [2.45, 2.75) is 0 Å². The molecule has 110 valence electrons. The smallest absolute Gasteiger partial charge is 0.379 e. The maximum Gasteiger partial charge on any atom is 0.379 e. The Bertz CT molecular complexity index is 763. The van der Waals surface area contributed by atoms with Gasteiger partial charge in [-0.1, -0.05) is 36.1 Å². The predicted octanol–water partition coefficient (Wildman–Crippen LogP) is 2.99. The van der Waals surface area contributed by atoms with E-state index >= 15 is 0 Å². The predicted molar refractivity (Wildman–Crippen MR) is 86.4 cm³/mol. The molecule has 3 rings (SSSR count). The van der Waals surface area contributed by atoms with Crippen LogP contribution in [0.3, 0.4) is 0 Å². The Morgan fingerprint density at radius 3 is 2.64 bits per heavy atom. The molecule has 1 amide bonds. The minimum atomic E-state index is -0.563. The van der Waals surface area contributed by atoms with E-state index in [1.165, 1.54) is 24.1 Å². The van der Waals surface area contributed by atoms with E-state index in [0.717, 1.165) is 5.56 Å². The molecule has 0 aliphatic carbocycles. The third-order valence-corrected chi connectivity index (χ3v) is 3.92. The molecule has 1 aromatic heterocycles. The first-order valence-electron chi connectivity index (χ1n) is 6.22. The van der Waals surface area contributed by atoms with Crippen LogP contribution in [0.15, 0.2) is 52.0 Å². The van der Waals surface area contributed by atoms with Gasteiger partial charge in [-0.15, -0.1) is 0 Å². The van der Waals surface area contributed by atoms with E-state index < -0.39 is 5.97 Å². The molecule has 1 N–H and O–H groups in total.